The van der Waals surface area contributed by atoms with Gasteiger partial charge in [-0.15, -0.1) is 12.4 Å². The fourth-order valence-electron chi connectivity index (χ4n) is 4.10. The Bertz CT molecular complexity index is 1090. The van der Waals surface area contributed by atoms with E-state index in [-0.39, 0.29) is 34.9 Å². The number of carbonyl (C=O) groups is 1. The quantitative estimate of drug-likeness (QED) is 0.594. The summed E-state index contributed by atoms with van der Waals surface area (Å²) >= 11 is 0. The van der Waals surface area contributed by atoms with Crippen molar-refractivity contribution in [3.63, 3.8) is 0 Å². The molecule has 0 bridgehead atoms. The summed E-state index contributed by atoms with van der Waals surface area (Å²) in [5.41, 5.74) is 1.70. The van der Waals surface area contributed by atoms with Crippen molar-refractivity contribution in [1.29, 1.82) is 0 Å². The molecular formula is C23H31ClN4O4S. The van der Waals surface area contributed by atoms with Crippen molar-refractivity contribution < 1.29 is 17.4 Å². The molecule has 1 atom stereocenters. The largest absolute Gasteiger partial charge is 0.379 e. The highest BCUT2D eigenvalue weighted by Gasteiger charge is 2.35. The van der Waals surface area contributed by atoms with Crippen molar-refractivity contribution in [2.24, 2.45) is 5.92 Å². The van der Waals surface area contributed by atoms with E-state index in [9.17, 15) is 13.2 Å². The van der Waals surface area contributed by atoms with Crippen LogP contribution in [0.1, 0.15) is 20.3 Å². The fourth-order valence-corrected chi connectivity index (χ4v) is 5.20. The molecule has 1 fully saturated rings. The number of amides is 1. The van der Waals surface area contributed by atoms with Gasteiger partial charge in [0.25, 0.3) is 0 Å². The Labute approximate surface area is 201 Å². The fraction of sp³-hybridized carbons (Fsp3) is 0.435. The van der Waals surface area contributed by atoms with E-state index in [0.717, 1.165) is 31.9 Å². The first-order valence-electron chi connectivity index (χ1n) is 10.9. The number of benzene rings is 2. The Morgan fingerprint density at radius 2 is 1.70 bits per heavy atom. The average molecular weight is 495 g/mol. The monoisotopic (exact) mass is 494 g/mol. The van der Waals surface area contributed by atoms with E-state index in [1.807, 2.05) is 13.8 Å². The summed E-state index contributed by atoms with van der Waals surface area (Å²) in [7, 11) is -2.05. The lowest BCUT2D eigenvalue weighted by molar-refractivity contribution is -0.117. The highest BCUT2D eigenvalue weighted by molar-refractivity contribution is 7.87. The van der Waals surface area contributed by atoms with Crippen LogP contribution in [-0.2, 0) is 14.9 Å². The molecule has 0 aliphatic carbocycles. The molecule has 0 radical (unpaired) electrons. The molecular weight excluding hydrogens is 464 g/mol. The van der Waals surface area contributed by atoms with Crippen molar-refractivity contribution in [3.8, 4) is 5.75 Å². The number of rotatable bonds is 6. The minimum atomic E-state index is -4.12. The minimum absolute atomic E-state index is 0. The van der Waals surface area contributed by atoms with Crippen LogP contribution in [0.3, 0.4) is 0 Å². The Morgan fingerprint density at radius 3 is 2.33 bits per heavy atom. The van der Waals surface area contributed by atoms with E-state index in [4.69, 9.17) is 4.18 Å². The zero-order valence-electron chi connectivity index (χ0n) is 19.1. The van der Waals surface area contributed by atoms with Gasteiger partial charge in [0.2, 0.25) is 5.91 Å². The van der Waals surface area contributed by atoms with E-state index in [2.05, 4.69) is 27.5 Å². The first-order valence-corrected chi connectivity index (χ1v) is 12.3. The van der Waals surface area contributed by atoms with E-state index in [1.165, 1.54) is 0 Å². The standard InChI is InChI=1S/C23H30N4O4S.ClH/c1-16(2)15-18-23(28)25-21-19(27-13-11-26(3)12-14-27)9-10-20(22(21)24-18)32(29,30)31-17-7-5-4-6-8-17;/h4-10,16,18,24H,11-15H2,1-3H3,(H,25,28);1H. The molecule has 8 nitrogen and oxygen atoms in total. The number of carbonyl (C=O) groups excluding carboxylic acids is 1. The van der Waals surface area contributed by atoms with Crippen molar-refractivity contribution >= 4 is 45.5 Å². The highest BCUT2D eigenvalue weighted by Crippen LogP contribution is 2.42. The van der Waals surface area contributed by atoms with Crippen LogP contribution in [0.25, 0.3) is 0 Å². The van der Waals surface area contributed by atoms with Crippen LogP contribution < -0.4 is 19.7 Å². The van der Waals surface area contributed by atoms with Gasteiger partial charge in [-0.25, -0.2) is 0 Å². The van der Waals surface area contributed by atoms with E-state index in [0.29, 0.717) is 17.8 Å². The number of hydrogen-bond donors (Lipinski definition) is 2. The van der Waals surface area contributed by atoms with Gasteiger partial charge in [0.1, 0.15) is 16.7 Å². The predicted molar refractivity (Wildman–Crippen MR) is 133 cm³/mol. The summed E-state index contributed by atoms with van der Waals surface area (Å²) in [6, 6.07) is 11.2. The third kappa shape index (κ3) is 5.54. The molecule has 2 aliphatic heterocycles. The molecule has 2 heterocycles. The predicted octanol–water partition coefficient (Wildman–Crippen LogP) is 3.41. The summed E-state index contributed by atoms with van der Waals surface area (Å²) in [4.78, 5) is 17.3. The van der Waals surface area contributed by atoms with Gasteiger partial charge in [0, 0.05) is 26.2 Å². The molecule has 10 heteroatoms. The Kier molecular flexibility index (Phi) is 7.76. The molecule has 2 aliphatic rings. The Balaban J connectivity index is 0.00000306. The van der Waals surface area contributed by atoms with Crippen molar-refractivity contribution in [3.05, 3.63) is 42.5 Å². The maximum atomic E-state index is 13.2. The lowest BCUT2D eigenvalue weighted by Crippen LogP contribution is -2.46. The number of piperazine rings is 1. The van der Waals surface area contributed by atoms with Crippen LogP contribution in [-0.4, -0.2) is 58.5 Å². The van der Waals surface area contributed by atoms with Crippen LogP contribution >= 0.6 is 12.4 Å². The van der Waals surface area contributed by atoms with Gasteiger partial charge in [-0.1, -0.05) is 32.0 Å². The summed E-state index contributed by atoms with van der Waals surface area (Å²) in [5, 5.41) is 6.21. The SMILES string of the molecule is CC(C)CC1Nc2c(S(=O)(=O)Oc3ccccc3)ccc(N3CCN(C)CC3)c2NC1=O.Cl. The number of para-hydroxylation sites is 1. The number of halogens is 1. The van der Waals surface area contributed by atoms with Gasteiger partial charge in [-0.05, 0) is 43.7 Å². The molecule has 2 aromatic carbocycles. The average Bonchev–Trinajstić information content (AvgIpc) is 2.74. The molecule has 0 aromatic heterocycles. The second kappa shape index (κ2) is 10.2. The van der Waals surface area contributed by atoms with Crippen LogP contribution in [0.5, 0.6) is 5.75 Å². The molecule has 2 aromatic rings. The van der Waals surface area contributed by atoms with Gasteiger partial charge in [-0.3, -0.25) is 4.79 Å². The summed E-state index contributed by atoms with van der Waals surface area (Å²) in [5.74, 6) is 0.351. The number of fused-ring (bicyclic) bond motifs is 1. The molecule has 1 amide bonds. The number of nitrogens with zero attached hydrogens (tertiary/aromatic N) is 2. The van der Waals surface area contributed by atoms with E-state index < -0.39 is 16.2 Å². The second-order valence-corrected chi connectivity index (χ2v) is 10.3. The smallest absolute Gasteiger partial charge is 0.341 e. The van der Waals surface area contributed by atoms with Crippen LogP contribution in [0.4, 0.5) is 17.1 Å². The molecule has 4 rings (SSSR count). The van der Waals surface area contributed by atoms with Crippen molar-refractivity contribution in [1.82, 2.24) is 4.90 Å². The molecule has 33 heavy (non-hydrogen) atoms. The van der Waals surface area contributed by atoms with E-state index in [1.54, 1.807) is 42.5 Å². The number of hydrogen-bond acceptors (Lipinski definition) is 7. The van der Waals surface area contributed by atoms with Gasteiger partial charge >= 0.3 is 10.1 Å². The normalized spacial score (nSPS) is 18.7. The molecule has 2 N–H and O–H groups in total. The van der Waals surface area contributed by atoms with Gasteiger partial charge < -0.3 is 24.6 Å². The van der Waals surface area contributed by atoms with Crippen LogP contribution in [0.15, 0.2) is 47.4 Å². The molecule has 0 saturated carbocycles. The highest BCUT2D eigenvalue weighted by atomic mass is 35.5. The molecule has 0 spiro atoms. The van der Waals surface area contributed by atoms with Crippen LogP contribution in [0.2, 0.25) is 0 Å². The zero-order valence-corrected chi connectivity index (χ0v) is 20.7. The first kappa shape index (κ1) is 25.1. The minimum Gasteiger partial charge on any atom is -0.379 e. The number of anilines is 3. The first-order chi connectivity index (χ1) is 15.2. The topological polar surface area (TPSA) is 91.0 Å². The third-order valence-electron chi connectivity index (χ3n) is 5.80. The maximum absolute atomic E-state index is 13.2. The number of nitrogens with one attached hydrogen (secondary N) is 2. The lowest BCUT2D eigenvalue weighted by atomic mass is 10.00. The zero-order chi connectivity index (χ0) is 22.9. The summed E-state index contributed by atoms with van der Waals surface area (Å²) in [6.45, 7) is 7.43. The van der Waals surface area contributed by atoms with Crippen molar-refractivity contribution in [2.45, 2.75) is 31.2 Å². The Hall–Kier alpha value is -2.49. The molecule has 1 unspecified atom stereocenters. The maximum Gasteiger partial charge on any atom is 0.341 e. The summed E-state index contributed by atoms with van der Waals surface area (Å²) in [6.07, 6.45) is 0.586. The number of likely N-dealkylation sites (N-methyl/N-ethyl adjacent to an activating group) is 1. The molecule has 180 valence electrons. The third-order valence-corrected chi connectivity index (χ3v) is 7.09. The summed E-state index contributed by atoms with van der Waals surface area (Å²) < 4.78 is 31.8. The van der Waals surface area contributed by atoms with Gasteiger partial charge in [0.15, 0.2) is 0 Å². The van der Waals surface area contributed by atoms with Gasteiger partial charge in [0.05, 0.1) is 17.1 Å². The second-order valence-electron chi connectivity index (χ2n) is 8.79. The van der Waals surface area contributed by atoms with Gasteiger partial charge in [-0.2, -0.15) is 8.42 Å². The Morgan fingerprint density at radius 1 is 1.03 bits per heavy atom. The lowest BCUT2D eigenvalue weighted by Gasteiger charge is -2.37. The van der Waals surface area contributed by atoms with Crippen LogP contribution in [0, 0.1) is 5.92 Å². The van der Waals surface area contributed by atoms with Crippen molar-refractivity contribution in [2.75, 3.05) is 48.8 Å². The molecule has 1 saturated heterocycles. The van der Waals surface area contributed by atoms with E-state index >= 15 is 0 Å².